The Balaban J connectivity index is 3.20. The summed E-state index contributed by atoms with van der Waals surface area (Å²) in [5.74, 6) is 0. The number of nitrogens with one attached hydrogen (secondary N) is 1. The summed E-state index contributed by atoms with van der Waals surface area (Å²) in [5, 5.41) is 3.46. The average molecular weight is 319 g/mol. The maximum Gasteiger partial charge on any atom is 0.243 e. The zero-order valence-electron chi connectivity index (χ0n) is 12.7. The van der Waals surface area contributed by atoms with Crippen molar-refractivity contribution in [2.24, 2.45) is 0 Å². The van der Waals surface area contributed by atoms with Crippen LogP contribution in [0.5, 0.6) is 0 Å². The van der Waals surface area contributed by atoms with Crippen LogP contribution in [0.3, 0.4) is 0 Å². The first-order valence-corrected chi connectivity index (χ1v) is 8.40. The van der Waals surface area contributed by atoms with E-state index >= 15 is 0 Å². The van der Waals surface area contributed by atoms with E-state index in [0.717, 1.165) is 12.0 Å². The van der Waals surface area contributed by atoms with Gasteiger partial charge in [0, 0.05) is 24.2 Å². The molecule has 0 unspecified atom stereocenters. The van der Waals surface area contributed by atoms with Crippen molar-refractivity contribution in [3.8, 4) is 0 Å². The highest BCUT2D eigenvalue weighted by Crippen LogP contribution is 2.28. The van der Waals surface area contributed by atoms with E-state index in [4.69, 9.17) is 11.6 Å². The van der Waals surface area contributed by atoms with Crippen molar-refractivity contribution in [1.29, 1.82) is 0 Å². The molecule has 1 rings (SSSR count). The zero-order valence-corrected chi connectivity index (χ0v) is 14.3. The quantitative estimate of drug-likeness (QED) is 0.877. The van der Waals surface area contributed by atoms with Gasteiger partial charge in [0.05, 0.1) is 4.90 Å². The average Bonchev–Trinajstić information content (AvgIpc) is 2.40. The Morgan fingerprint density at radius 1 is 1.35 bits per heavy atom. The molecular weight excluding hydrogens is 296 g/mol. The fourth-order valence-corrected chi connectivity index (χ4v) is 3.64. The molecule has 0 spiro atoms. The monoisotopic (exact) mass is 318 g/mol. The Kier molecular flexibility index (Phi) is 5.61. The number of hydrogen-bond donors (Lipinski definition) is 1. The van der Waals surface area contributed by atoms with Crippen LogP contribution in [0.2, 0.25) is 5.02 Å². The Morgan fingerprint density at radius 3 is 2.40 bits per heavy atom. The van der Waals surface area contributed by atoms with E-state index in [1.54, 1.807) is 19.2 Å². The lowest BCUT2D eigenvalue weighted by atomic mass is 10.0. The molecule has 0 saturated heterocycles. The van der Waals surface area contributed by atoms with E-state index in [1.165, 1.54) is 10.4 Å². The summed E-state index contributed by atoms with van der Waals surface area (Å²) in [6.45, 7) is 6.38. The second-order valence-electron chi connectivity index (χ2n) is 5.42. The van der Waals surface area contributed by atoms with Crippen LogP contribution in [0.25, 0.3) is 0 Å². The third-order valence-corrected chi connectivity index (χ3v) is 6.18. The van der Waals surface area contributed by atoms with Gasteiger partial charge < -0.3 is 5.32 Å². The lowest BCUT2D eigenvalue weighted by molar-refractivity contribution is 0.257. The highest BCUT2D eigenvalue weighted by atomic mass is 35.5. The standard InChI is InChI=1S/C14H23ClN2O2S/c1-6-14(2,3)17(5)20(18,19)12-8-7-11(10-16-4)13(15)9-12/h7-9,16H,6,10H2,1-5H3. The number of rotatable bonds is 6. The summed E-state index contributed by atoms with van der Waals surface area (Å²) in [6, 6.07) is 4.88. The van der Waals surface area contributed by atoms with Crippen molar-refractivity contribution in [2.45, 2.75) is 44.2 Å². The largest absolute Gasteiger partial charge is 0.316 e. The fourth-order valence-electron chi connectivity index (χ4n) is 1.73. The minimum atomic E-state index is -3.53. The molecule has 0 saturated carbocycles. The van der Waals surface area contributed by atoms with Gasteiger partial charge in [0.15, 0.2) is 0 Å². The van der Waals surface area contributed by atoms with E-state index in [2.05, 4.69) is 5.32 Å². The highest BCUT2D eigenvalue weighted by Gasteiger charge is 2.32. The van der Waals surface area contributed by atoms with E-state index in [0.29, 0.717) is 11.6 Å². The molecule has 0 bridgehead atoms. The molecule has 6 heteroatoms. The minimum absolute atomic E-state index is 0.228. The van der Waals surface area contributed by atoms with Gasteiger partial charge in [-0.3, -0.25) is 0 Å². The van der Waals surface area contributed by atoms with Crippen molar-refractivity contribution < 1.29 is 8.42 Å². The normalized spacial score (nSPS) is 12.9. The first-order chi connectivity index (χ1) is 9.16. The summed E-state index contributed by atoms with van der Waals surface area (Å²) in [7, 11) is -0.111. The van der Waals surface area contributed by atoms with Crippen LogP contribution in [0.15, 0.2) is 23.1 Å². The maximum absolute atomic E-state index is 12.6. The van der Waals surface area contributed by atoms with Crippen molar-refractivity contribution in [3.05, 3.63) is 28.8 Å². The molecule has 0 radical (unpaired) electrons. The van der Waals surface area contributed by atoms with Gasteiger partial charge in [0.2, 0.25) is 10.0 Å². The smallest absolute Gasteiger partial charge is 0.243 e. The van der Waals surface area contributed by atoms with Crippen LogP contribution < -0.4 is 5.32 Å². The topological polar surface area (TPSA) is 49.4 Å². The maximum atomic E-state index is 12.6. The molecule has 4 nitrogen and oxygen atoms in total. The summed E-state index contributed by atoms with van der Waals surface area (Å²) in [5.41, 5.74) is 0.445. The van der Waals surface area contributed by atoms with E-state index in [9.17, 15) is 8.42 Å². The molecule has 0 aliphatic rings. The summed E-state index contributed by atoms with van der Waals surface area (Å²) in [6.07, 6.45) is 0.730. The molecule has 1 aromatic rings. The molecule has 20 heavy (non-hydrogen) atoms. The van der Waals surface area contributed by atoms with Crippen molar-refractivity contribution in [1.82, 2.24) is 9.62 Å². The second kappa shape index (κ2) is 6.43. The Hall–Kier alpha value is -0.620. The molecule has 1 aromatic carbocycles. The van der Waals surface area contributed by atoms with E-state index < -0.39 is 15.6 Å². The third-order valence-electron chi connectivity index (χ3n) is 3.77. The predicted molar refractivity (Wildman–Crippen MR) is 83.5 cm³/mol. The molecule has 114 valence electrons. The van der Waals surface area contributed by atoms with E-state index in [-0.39, 0.29) is 4.90 Å². The van der Waals surface area contributed by atoms with Crippen LogP contribution >= 0.6 is 11.6 Å². The Bertz CT molecular complexity index is 571. The van der Waals surface area contributed by atoms with Crippen LogP contribution in [-0.4, -0.2) is 32.4 Å². The third kappa shape index (κ3) is 3.52. The lowest BCUT2D eigenvalue weighted by Gasteiger charge is -2.33. The number of sulfonamides is 1. The molecule has 0 aromatic heterocycles. The first kappa shape index (κ1) is 17.4. The zero-order chi connectivity index (χ0) is 15.6. The van der Waals surface area contributed by atoms with Crippen molar-refractivity contribution in [3.63, 3.8) is 0 Å². The second-order valence-corrected chi connectivity index (χ2v) is 7.80. The molecule has 1 N–H and O–H groups in total. The fraction of sp³-hybridized carbons (Fsp3) is 0.571. The SMILES string of the molecule is CCC(C)(C)N(C)S(=O)(=O)c1ccc(CNC)c(Cl)c1. The number of nitrogens with zero attached hydrogens (tertiary/aromatic N) is 1. The van der Waals surface area contributed by atoms with Gasteiger partial charge in [-0.15, -0.1) is 0 Å². The van der Waals surface area contributed by atoms with Gasteiger partial charge in [-0.2, -0.15) is 4.31 Å². The molecular formula is C14H23ClN2O2S. The molecule has 0 atom stereocenters. The highest BCUT2D eigenvalue weighted by molar-refractivity contribution is 7.89. The van der Waals surface area contributed by atoms with Crippen LogP contribution in [0.4, 0.5) is 0 Å². The van der Waals surface area contributed by atoms with Gasteiger partial charge in [0.1, 0.15) is 0 Å². The molecule has 0 aliphatic carbocycles. The van der Waals surface area contributed by atoms with Crippen molar-refractivity contribution >= 4 is 21.6 Å². The molecule has 0 amide bonds. The Labute approximate surface area is 127 Å². The molecule has 0 fully saturated rings. The van der Waals surface area contributed by atoms with Gasteiger partial charge >= 0.3 is 0 Å². The lowest BCUT2D eigenvalue weighted by Crippen LogP contribution is -2.44. The number of benzene rings is 1. The summed E-state index contributed by atoms with van der Waals surface area (Å²) < 4.78 is 26.6. The molecule has 0 aliphatic heterocycles. The number of halogens is 1. The minimum Gasteiger partial charge on any atom is -0.316 e. The summed E-state index contributed by atoms with van der Waals surface area (Å²) >= 11 is 6.14. The van der Waals surface area contributed by atoms with Crippen LogP contribution in [-0.2, 0) is 16.6 Å². The predicted octanol–water partition coefficient (Wildman–Crippen LogP) is 2.87. The molecule has 0 heterocycles. The van der Waals surface area contributed by atoms with Crippen LogP contribution in [0.1, 0.15) is 32.8 Å². The first-order valence-electron chi connectivity index (χ1n) is 6.59. The number of hydrogen-bond acceptors (Lipinski definition) is 3. The summed E-state index contributed by atoms with van der Waals surface area (Å²) in [4.78, 5) is 0.228. The van der Waals surface area contributed by atoms with Gasteiger partial charge in [-0.1, -0.05) is 24.6 Å². The van der Waals surface area contributed by atoms with Gasteiger partial charge in [-0.25, -0.2) is 8.42 Å². The van der Waals surface area contributed by atoms with Gasteiger partial charge in [0.25, 0.3) is 0 Å². The van der Waals surface area contributed by atoms with Crippen molar-refractivity contribution in [2.75, 3.05) is 14.1 Å². The Morgan fingerprint density at radius 2 is 1.95 bits per heavy atom. The van der Waals surface area contributed by atoms with E-state index in [1.807, 2.05) is 27.8 Å². The van der Waals surface area contributed by atoms with Crippen LogP contribution in [0, 0.1) is 0 Å². The van der Waals surface area contributed by atoms with Gasteiger partial charge in [-0.05, 0) is 45.0 Å².